The molecule has 0 aromatic carbocycles. The largest absolute Gasteiger partial charge is 0.548 e. The lowest BCUT2D eigenvalue weighted by Crippen LogP contribution is -2.56. The van der Waals surface area contributed by atoms with Crippen LogP contribution in [0.15, 0.2) is 0 Å². The molecule has 0 aromatic heterocycles. The molecule has 0 unspecified atom stereocenters. The molecule has 0 N–H and O–H groups in total. The van der Waals surface area contributed by atoms with Crippen molar-refractivity contribution in [3.63, 3.8) is 0 Å². The second kappa shape index (κ2) is 6.13. The summed E-state index contributed by atoms with van der Waals surface area (Å²) in [5, 5.41) is 11.0. The lowest BCUT2D eigenvalue weighted by Gasteiger charge is -2.41. The molecule has 2 atom stereocenters. The van der Waals surface area contributed by atoms with E-state index in [1.807, 2.05) is 13.2 Å². The van der Waals surface area contributed by atoms with E-state index in [9.17, 15) is 14.7 Å². The van der Waals surface area contributed by atoms with E-state index in [1.165, 1.54) is 4.90 Å². The minimum Gasteiger partial charge on any atom is -0.548 e. The van der Waals surface area contributed by atoms with Gasteiger partial charge >= 0.3 is 0 Å². The number of amides is 1. The molecule has 1 heterocycles. The third kappa shape index (κ3) is 3.14. The van der Waals surface area contributed by atoms with Gasteiger partial charge in [0.1, 0.15) is 0 Å². The molecule has 1 aliphatic heterocycles. The normalized spacial score (nSPS) is 25.5. The van der Waals surface area contributed by atoms with Gasteiger partial charge in [-0.1, -0.05) is 0 Å². The number of carbonyl (C=O) groups excluding carboxylic acids is 2. The van der Waals surface area contributed by atoms with E-state index in [0.717, 1.165) is 18.6 Å². The first kappa shape index (κ1) is 13.4. The molecule has 1 saturated heterocycles. The van der Waals surface area contributed by atoms with Crippen molar-refractivity contribution in [2.75, 3.05) is 12.0 Å². The standard InChI is InChI=1S/C11H19NO3S/c1-8-4-3-5-9(11(14)15)12(8)10(13)6-7-16-2/h8-9H,3-7H2,1-2H3,(H,14,15)/p-1/t8-,9-/m1/s1. The van der Waals surface area contributed by atoms with E-state index in [2.05, 4.69) is 0 Å². The van der Waals surface area contributed by atoms with E-state index in [1.54, 1.807) is 11.8 Å². The molecule has 1 aliphatic rings. The van der Waals surface area contributed by atoms with Crippen LogP contribution >= 0.6 is 11.8 Å². The number of aliphatic carboxylic acids is 1. The highest BCUT2D eigenvalue weighted by atomic mass is 32.2. The van der Waals surface area contributed by atoms with Crippen LogP contribution in [0.5, 0.6) is 0 Å². The molecule has 92 valence electrons. The Morgan fingerprint density at radius 3 is 2.69 bits per heavy atom. The SMILES string of the molecule is CSCCC(=O)N1[C@H](C)CCC[C@@H]1C(=O)[O-]. The third-order valence-electron chi connectivity index (χ3n) is 2.99. The van der Waals surface area contributed by atoms with Crippen molar-refractivity contribution in [2.45, 2.75) is 44.7 Å². The second-order valence-corrected chi connectivity index (χ2v) is 5.14. The second-order valence-electron chi connectivity index (χ2n) is 4.16. The molecule has 0 saturated carbocycles. The number of hydrogen-bond donors (Lipinski definition) is 0. The van der Waals surface area contributed by atoms with Crippen molar-refractivity contribution >= 4 is 23.6 Å². The average molecular weight is 244 g/mol. The minimum atomic E-state index is -1.12. The Balaban J connectivity index is 2.69. The zero-order chi connectivity index (χ0) is 12.1. The van der Waals surface area contributed by atoms with Crippen molar-refractivity contribution in [3.8, 4) is 0 Å². The Bertz CT molecular complexity index is 270. The Labute approximate surface area is 100 Å². The van der Waals surface area contributed by atoms with Crippen LogP contribution in [-0.4, -0.2) is 40.9 Å². The predicted molar refractivity (Wildman–Crippen MR) is 62.0 cm³/mol. The van der Waals surface area contributed by atoms with Crippen LogP contribution in [0.3, 0.4) is 0 Å². The molecule has 1 fully saturated rings. The van der Waals surface area contributed by atoms with E-state index in [4.69, 9.17) is 0 Å². The first-order valence-corrected chi connectivity index (χ1v) is 6.98. The van der Waals surface area contributed by atoms with E-state index >= 15 is 0 Å². The molecular weight excluding hydrogens is 226 g/mol. The number of carboxylic acids is 1. The van der Waals surface area contributed by atoms with Gasteiger partial charge in [-0.15, -0.1) is 0 Å². The lowest BCUT2D eigenvalue weighted by molar-refractivity contribution is -0.312. The maximum atomic E-state index is 11.9. The summed E-state index contributed by atoms with van der Waals surface area (Å²) >= 11 is 1.59. The molecule has 0 aromatic rings. The summed E-state index contributed by atoms with van der Waals surface area (Å²) in [6.45, 7) is 1.91. The van der Waals surface area contributed by atoms with Gasteiger partial charge in [-0.05, 0) is 32.4 Å². The summed E-state index contributed by atoms with van der Waals surface area (Å²) in [6, 6.07) is -0.705. The zero-order valence-corrected chi connectivity index (χ0v) is 10.6. The van der Waals surface area contributed by atoms with Gasteiger partial charge in [0.05, 0.1) is 12.0 Å². The molecule has 0 aliphatic carbocycles. The number of hydrogen-bond acceptors (Lipinski definition) is 4. The van der Waals surface area contributed by atoms with E-state index < -0.39 is 12.0 Å². The third-order valence-corrected chi connectivity index (χ3v) is 3.60. The zero-order valence-electron chi connectivity index (χ0n) is 9.77. The summed E-state index contributed by atoms with van der Waals surface area (Å²) < 4.78 is 0. The summed E-state index contributed by atoms with van der Waals surface area (Å²) in [7, 11) is 0. The molecule has 0 radical (unpaired) electrons. The smallest absolute Gasteiger partial charge is 0.224 e. The van der Waals surface area contributed by atoms with Crippen molar-refractivity contribution in [1.29, 1.82) is 0 Å². The number of rotatable bonds is 4. The maximum absolute atomic E-state index is 11.9. The highest BCUT2D eigenvalue weighted by Crippen LogP contribution is 2.23. The van der Waals surface area contributed by atoms with Gasteiger partial charge in [0.2, 0.25) is 5.91 Å². The van der Waals surface area contributed by atoms with Crippen molar-refractivity contribution in [1.82, 2.24) is 4.90 Å². The quantitative estimate of drug-likeness (QED) is 0.711. The maximum Gasteiger partial charge on any atom is 0.224 e. The number of carbonyl (C=O) groups is 2. The highest BCUT2D eigenvalue weighted by molar-refractivity contribution is 7.98. The summed E-state index contributed by atoms with van der Waals surface area (Å²) in [4.78, 5) is 24.4. The topological polar surface area (TPSA) is 60.4 Å². The van der Waals surface area contributed by atoms with Gasteiger partial charge in [-0.3, -0.25) is 4.79 Å². The Hall–Kier alpha value is -0.710. The van der Waals surface area contributed by atoms with Gasteiger partial charge in [-0.25, -0.2) is 0 Å². The van der Waals surface area contributed by atoms with Crippen molar-refractivity contribution < 1.29 is 14.7 Å². The molecule has 5 heteroatoms. The fourth-order valence-corrected chi connectivity index (χ4v) is 2.54. The van der Waals surface area contributed by atoms with Crippen LogP contribution in [0.25, 0.3) is 0 Å². The fraction of sp³-hybridized carbons (Fsp3) is 0.818. The Morgan fingerprint density at radius 1 is 1.44 bits per heavy atom. The van der Waals surface area contributed by atoms with Crippen LogP contribution < -0.4 is 5.11 Å². The first-order chi connectivity index (χ1) is 7.57. The monoisotopic (exact) mass is 244 g/mol. The van der Waals surface area contributed by atoms with Gasteiger partial charge in [0, 0.05) is 18.2 Å². The van der Waals surface area contributed by atoms with Crippen LogP contribution in [0.4, 0.5) is 0 Å². The van der Waals surface area contributed by atoms with Crippen molar-refractivity contribution in [2.24, 2.45) is 0 Å². The average Bonchev–Trinajstić information content (AvgIpc) is 2.25. The summed E-state index contributed by atoms with van der Waals surface area (Å²) in [5.41, 5.74) is 0. The number of thioether (sulfide) groups is 1. The summed E-state index contributed by atoms with van der Waals surface area (Å²) in [6.07, 6.45) is 4.61. The molecular formula is C11H18NO3S-. The van der Waals surface area contributed by atoms with Crippen LogP contribution in [-0.2, 0) is 9.59 Å². The highest BCUT2D eigenvalue weighted by Gasteiger charge is 2.31. The Morgan fingerprint density at radius 2 is 2.12 bits per heavy atom. The fourth-order valence-electron chi connectivity index (χ4n) is 2.16. The van der Waals surface area contributed by atoms with Crippen LogP contribution in [0.2, 0.25) is 0 Å². The molecule has 0 bridgehead atoms. The van der Waals surface area contributed by atoms with E-state index in [0.29, 0.717) is 12.8 Å². The van der Waals surface area contributed by atoms with Gasteiger partial charge in [-0.2, -0.15) is 11.8 Å². The number of nitrogens with zero attached hydrogens (tertiary/aromatic N) is 1. The summed E-state index contributed by atoms with van der Waals surface area (Å²) in [5.74, 6) is -0.443. The van der Waals surface area contributed by atoms with Gasteiger partial charge in [0.25, 0.3) is 0 Å². The first-order valence-electron chi connectivity index (χ1n) is 5.59. The van der Waals surface area contributed by atoms with Gasteiger partial charge < -0.3 is 14.8 Å². The molecule has 1 amide bonds. The molecule has 1 rings (SSSR count). The number of likely N-dealkylation sites (tertiary alicyclic amines) is 1. The van der Waals surface area contributed by atoms with Crippen molar-refractivity contribution in [3.05, 3.63) is 0 Å². The Kier molecular flexibility index (Phi) is 5.12. The van der Waals surface area contributed by atoms with Gasteiger partial charge in [0.15, 0.2) is 0 Å². The van der Waals surface area contributed by atoms with Crippen LogP contribution in [0.1, 0.15) is 32.6 Å². The predicted octanol–water partition coefficient (Wildman–Crippen LogP) is 0.259. The molecule has 4 nitrogen and oxygen atoms in total. The van der Waals surface area contributed by atoms with Crippen LogP contribution in [0, 0.1) is 0 Å². The number of piperidine rings is 1. The number of carboxylic acid groups (broad SMARTS) is 1. The molecule has 0 spiro atoms. The van der Waals surface area contributed by atoms with E-state index in [-0.39, 0.29) is 11.9 Å². The minimum absolute atomic E-state index is 0.0195. The molecule has 16 heavy (non-hydrogen) atoms. The lowest BCUT2D eigenvalue weighted by atomic mass is 9.96.